The zero-order valence-electron chi connectivity index (χ0n) is 11.9. The van der Waals surface area contributed by atoms with Crippen molar-refractivity contribution in [1.82, 2.24) is 0 Å². The van der Waals surface area contributed by atoms with Gasteiger partial charge in [0, 0.05) is 6.42 Å². The number of hydrogen-bond donors (Lipinski definition) is 1. The average molecular weight is 272 g/mol. The van der Waals surface area contributed by atoms with Crippen LogP contribution >= 0.6 is 0 Å². The van der Waals surface area contributed by atoms with E-state index in [1.165, 1.54) is 0 Å². The standard InChI is InChI=1S/C17H20O3/c1-12(2)11-20-16(17(18)19)10-14-8-5-7-13-6-3-4-9-15(13)14/h3-9,12,16H,10-11H2,1-2H3,(H,18,19)/t16-/m0/s1. The van der Waals surface area contributed by atoms with E-state index in [9.17, 15) is 9.90 Å². The second-order valence-corrected chi connectivity index (χ2v) is 5.40. The maximum Gasteiger partial charge on any atom is 0.333 e. The predicted molar refractivity (Wildman–Crippen MR) is 79.9 cm³/mol. The molecule has 3 heteroatoms. The van der Waals surface area contributed by atoms with Gasteiger partial charge in [-0.3, -0.25) is 0 Å². The van der Waals surface area contributed by atoms with Gasteiger partial charge in [-0.1, -0.05) is 56.3 Å². The summed E-state index contributed by atoms with van der Waals surface area (Å²) in [5, 5.41) is 11.5. The second kappa shape index (κ2) is 6.53. The van der Waals surface area contributed by atoms with Crippen LogP contribution in [0.2, 0.25) is 0 Å². The number of aliphatic carboxylic acids is 1. The van der Waals surface area contributed by atoms with Crippen molar-refractivity contribution < 1.29 is 14.6 Å². The normalized spacial score (nSPS) is 12.8. The third-order valence-corrected chi connectivity index (χ3v) is 3.19. The van der Waals surface area contributed by atoms with Crippen LogP contribution in [0.1, 0.15) is 19.4 Å². The summed E-state index contributed by atoms with van der Waals surface area (Å²) in [6, 6.07) is 14.0. The Hall–Kier alpha value is -1.87. The number of carboxylic acid groups (broad SMARTS) is 1. The number of ether oxygens (including phenoxy) is 1. The number of benzene rings is 2. The van der Waals surface area contributed by atoms with Crippen LogP contribution in [-0.4, -0.2) is 23.8 Å². The molecule has 0 fully saturated rings. The van der Waals surface area contributed by atoms with E-state index in [-0.39, 0.29) is 0 Å². The molecule has 1 N–H and O–H groups in total. The Kier molecular flexibility index (Phi) is 4.74. The first-order chi connectivity index (χ1) is 9.58. The van der Waals surface area contributed by atoms with E-state index >= 15 is 0 Å². The molecule has 106 valence electrons. The van der Waals surface area contributed by atoms with Gasteiger partial charge in [0.15, 0.2) is 6.10 Å². The first-order valence-electron chi connectivity index (χ1n) is 6.89. The molecule has 0 aromatic heterocycles. The van der Waals surface area contributed by atoms with Crippen molar-refractivity contribution >= 4 is 16.7 Å². The van der Waals surface area contributed by atoms with Gasteiger partial charge in [0.05, 0.1) is 6.61 Å². The minimum atomic E-state index is -0.904. The van der Waals surface area contributed by atoms with Crippen molar-refractivity contribution in [3.8, 4) is 0 Å². The van der Waals surface area contributed by atoms with Gasteiger partial charge >= 0.3 is 5.97 Å². The van der Waals surface area contributed by atoms with E-state index in [1.807, 2.05) is 56.3 Å². The summed E-state index contributed by atoms with van der Waals surface area (Å²) >= 11 is 0. The fourth-order valence-corrected chi connectivity index (χ4v) is 2.20. The van der Waals surface area contributed by atoms with Crippen LogP contribution in [0.3, 0.4) is 0 Å². The molecule has 2 rings (SSSR count). The summed E-state index contributed by atoms with van der Waals surface area (Å²) in [4.78, 5) is 11.3. The van der Waals surface area contributed by atoms with Crippen molar-refractivity contribution in [3.05, 3.63) is 48.0 Å². The highest BCUT2D eigenvalue weighted by Crippen LogP contribution is 2.20. The fourth-order valence-electron chi connectivity index (χ4n) is 2.20. The van der Waals surface area contributed by atoms with E-state index in [4.69, 9.17) is 4.74 Å². The van der Waals surface area contributed by atoms with Crippen LogP contribution in [0, 0.1) is 5.92 Å². The number of hydrogen-bond acceptors (Lipinski definition) is 2. The molecule has 0 aliphatic rings. The lowest BCUT2D eigenvalue weighted by molar-refractivity contribution is -0.150. The number of rotatable bonds is 6. The molecule has 2 aromatic carbocycles. The summed E-state index contributed by atoms with van der Waals surface area (Å²) in [6.45, 7) is 4.48. The number of carboxylic acids is 1. The highest BCUT2D eigenvalue weighted by molar-refractivity contribution is 5.86. The first kappa shape index (κ1) is 14.5. The van der Waals surface area contributed by atoms with Gasteiger partial charge < -0.3 is 9.84 Å². The van der Waals surface area contributed by atoms with Gasteiger partial charge in [0.25, 0.3) is 0 Å². The van der Waals surface area contributed by atoms with Crippen LogP contribution in [0.5, 0.6) is 0 Å². The quantitative estimate of drug-likeness (QED) is 0.875. The third-order valence-electron chi connectivity index (χ3n) is 3.19. The van der Waals surface area contributed by atoms with Crippen LogP contribution in [0.4, 0.5) is 0 Å². The molecule has 0 aliphatic heterocycles. The molecule has 0 saturated heterocycles. The van der Waals surface area contributed by atoms with E-state index in [2.05, 4.69) is 0 Å². The van der Waals surface area contributed by atoms with Gasteiger partial charge in [-0.2, -0.15) is 0 Å². The Morgan fingerprint density at radius 2 is 1.85 bits per heavy atom. The van der Waals surface area contributed by atoms with Crippen molar-refractivity contribution in [2.24, 2.45) is 5.92 Å². The minimum absolute atomic E-state index is 0.323. The van der Waals surface area contributed by atoms with Gasteiger partial charge in [-0.05, 0) is 22.3 Å². The van der Waals surface area contributed by atoms with Crippen LogP contribution < -0.4 is 0 Å². The van der Waals surface area contributed by atoms with Gasteiger partial charge in [0.2, 0.25) is 0 Å². The second-order valence-electron chi connectivity index (χ2n) is 5.40. The minimum Gasteiger partial charge on any atom is -0.479 e. The molecular formula is C17H20O3. The summed E-state index contributed by atoms with van der Waals surface area (Å²) in [5.74, 6) is -0.581. The summed E-state index contributed by atoms with van der Waals surface area (Å²) < 4.78 is 5.52. The molecule has 0 amide bonds. The molecule has 0 heterocycles. The zero-order valence-corrected chi connectivity index (χ0v) is 11.9. The van der Waals surface area contributed by atoms with E-state index < -0.39 is 12.1 Å². The Bertz CT molecular complexity index is 584. The Balaban J connectivity index is 2.22. The number of carbonyl (C=O) groups is 1. The van der Waals surface area contributed by atoms with Gasteiger partial charge in [-0.25, -0.2) is 4.79 Å². The average Bonchev–Trinajstić information content (AvgIpc) is 2.43. The maximum atomic E-state index is 11.3. The van der Waals surface area contributed by atoms with Crippen LogP contribution in [-0.2, 0) is 16.0 Å². The van der Waals surface area contributed by atoms with Gasteiger partial charge in [-0.15, -0.1) is 0 Å². The SMILES string of the molecule is CC(C)CO[C@@H](Cc1cccc2ccccc12)C(=O)O. The summed E-state index contributed by atoms with van der Waals surface area (Å²) in [6.07, 6.45) is -0.396. The molecule has 0 spiro atoms. The molecule has 0 aliphatic carbocycles. The van der Waals surface area contributed by atoms with E-state index in [0.29, 0.717) is 18.9 Å². The van der Waals surface area contributed by atoms with Gasteiger partial charge in [0.1, 0.15) is 0 Å². The molecule has 2 aromatic rings. The predicted octanol–water partition coefficient (Wildman–Crippen LogP) is 3.51. The largest absolute Gasteiger partial charge is 0.479 e. The van der Waals surface area contributed by atoms with E-state index in [1.54, 1.807) is 0 Å². The summed E-state index contributed by atoms with van der Waals surface area (Å²) in [5.41, 5.74) is 1.01. The lowest BCUT2D eigenvalue weighted by atomic mass is 10.00. The van der Waals surface area contributed by atoms with Crippen molar-refractivity contribution in [2.75, 3.05) is 6.61 Å². The third kappa shape index (κ3) is 3.58. The van der Waals surface area contributed by atoms with Crippen molar-refractivity contribution in [1.29, 1.82) is 0 Å². The molecular weight excluding hydrogens is 252 g/mol. The fraction of sp³-hybridized carbons (Fsp3) is 0.353. The molecule has 0 saturated carbocycles. The smallest absolute Gasteiger partial charge is 0.333 e. The molecule has 20 heavy (non-hydrogen) atoms. The Morgan fingerprint density at radius 1 is 1.15 bits per heavy atom. The Morgan fingerprint density at radius 3 is 2.55 bits per heavy atom. The first-order valence-corrected chi connectivity index (χ1v) is 6.89. The van der Waals surface area contributed by atoms with Crippen molar-refractivity contribution in [3.63, 3.8) is 0 Å². The Labute approximate surface area is 119 Å². The van der Waals surface area contributed by atoms with Crippen LogP contribution in [0.25, 0.3) is 10.8 Å². The molecule has 3 nitrogen and oxygen atoms in total. The zero-order chi connectivity index (χ0) is 14.5. The highest BCUT2D eigenvalue weighted by atomic mass is 16.5. The molecule has 0 radical (unpaired) electrons. The van der Waals surface area contributed by atoms with Crippen molar-refractivity contribution in [2.45, 2.75) is 26.4 Å². The van der Waals surface area contributed by atoms with E-state index in [0.717, 1.165) is 16.3 Å². The maximum absolute atomic E-state index is 11.3. The van der Waals surface area contributed by atoms with Crippen LogP contribution in [0.15, 0.2) is 42.5 Å². The topological polar surface area (TPSA) is 46.5 Å². The molecule has 0 unspecified atom stereocenters. The molecule has 0 bridgehead atoms. The number of fused-ring (bicyclic) bond motifs is 1. The lowest BCUT2D eigenvalue weighted by Crippen LogP contribution is -2.28. The highest BCUT2D eigenvalue weighted by Gasteiger charge is 2.20. The molecule has 1 atom stereocenters. The monoisotopic (exact) mass is 272 g/mol. The lowest BCUT2D eigenvalue weighted by Gasteiger charge is -2.16. The summed E-state index contributed by atoms with van der Waals surface area (Å²) in [7, 11) is 0.